The Morgan fingerprint density at radius 1 is 0.735 bits per heavy atom. The lowest BCUT2D eigenvalue weighted by Gasteiger charge is -2.21. The van der Waals surface area contributed by atoms with Crippen LogP contribution in [0.2, 0.25) is 0 Å². The van der Waals surface area contributed by atoms with Crippen LogP contribution in [0.5, 0.6) is 11.5 Å². The van der Waals surface area contributed by atoms with E-state index in [2.05, 4.69) is 0 Å². The zero-order valence-corrected chi connectivity index (χ0v) is 20.8. The third-order valence-electron chi connectivity index (χ3n) is 6.12. The standard InChI is InChI=1S/C27H27FO5S/c1-16-18(3)27(34(28,30)31)19(4)17(2)26(16)24(20-7-11-22(32-5)12-8-20)15-25(29)21-9-13-23(33-6)14-10-21/h7-15H,1-6H3/b24-15-. The van der Waals surface area contributed by atoms with Crippen molar-refractivity contribution in [3.05, 3.63) is 93.6 Å². The average Bonchev–Trinajstić information content (AvgIpc) is 2.81. The first-order valence-electron chi connectivity index (χ1n) is 10.6. The molecule has 3 aromatic rings. The predicted octanol–water partition coefficient (Wildman–Crippen LogP) is 5.91. The molecular weight excluding hydrogens is 455 g/mol. The number of ether oxygens (including phenoxy) is 2. The maximum absolute atomic E-state index is 14.1. The lowest BCUT2D eigenvalue weighted by molar-refractivity contribution is 0.104. The lowest BCUT2D eigenvalue weighted by Crippen LogP contribution is -2.09. The number of ketones is 1. The van der Waals surface area contributed by atoms with E-state index in [0.29, 0.717) is 50.5 Å². The van der Waals surface area contributed by atoms with Crippen molar-refractivity contribution < 1.29 is 26.6 Å². The Balaban J connectivity index is 2.30. The van der Waals surface area contributed by atoms with Crippen LogP contribution in [0.15, 0.2) is 59.5 Å². The molecule has 0 amide bonds. The second kappa shape index (κ2) is 9.81. The van der Waals surface area contributed by atoms with Crippen molar-refractivity contribution >= 4 is 21.6 Å². The van der Waals surface area contributed by atoms with E-state index in [1.54, 1.807) is 78.3 Å². The first-order chi connectivity index (χ1) is 16.0. The van der Waals surface area contributed by atoms with Crippen LogP contribution in [0.1, 0.15) is 43.7 Å². The topological polar surface area (TPSA) is 69.7 Å². The molecule has 0 heterocycles. The van der Waals surface area contributed by atoms with Gasteiger partial charge in [0.2, 0.25) is 0 Å². The Morgan fingerprint density at radius 2 is 1.15 bits per heavy atom. The number of allylic oxidation sites excluding steroid dienone is 1. The molecule has 5 nitrogen and oxygen atoms in total. The second-order valence-electron chi connectivity index (χ2n) is 8.02. The third-order valence-corrected chi connectivity index (χ3v) is 7.22. The molecule has 3 aromatic carbocycles. The molecule has 0 fully saturated rings. The van der Waals surface area contributed by atoms with Gasteiger partial charge in [-0.15, -0.1) is 3.89 Å². The van der Waals surface area contributed by atoms with Gasteiger partial charge in [0.1, 0.15) is 16.4 Å². The van der Waals surface area contributed by atoms with Crippen LogP contribution in [0, 0.1) is 27.7 Å². The van der Waals surface area contributed by atoms with Gasteiger partial charge < -0.3 is 9.47 Å². The number of carbonyl (C=O) groups is 1. The highest BCUT2D eigenvalue weighted by Crippen LogP contribution is 2.37. The van der Waals surface area contributed by atoms with Gasteiger partial charge in [0.15, 0.2) is 5.78 Å². The highest BCUT2D eigenvalue weighted by molar-refractivity contribution is 7.86. The number of hydrogen-bond donors (Lipinski definition) is 0. The first kappa shape index (κ1) is 25.2. The monoisotopic (exact) mass is 482 g/mol. The summed E-state index contributed by atoms with van der Waals surface area (Å²) in [5.74, 6) is 1.06. The smallest absolute Gasteiger partial charge is 0.332 e. The van der Waals surface area contributed by atoms with E-state index in [0.717, 1.165) is 5.56 Å². The van der Waals surface area contributed by atoms with E-state index >= 15 is 0 Å². The Hall–Kier alpha value is -3.45. The summed E-state index contributed by atoms with van der Waals surface area (Å²) in [5, 5.41) is 0. The SMILES string of the molecule is COc1ccc(C(=O)/C=C(/c2ccc(OC)cc2)c2c(C)c(C)c(S(=O)(=O)F)c(C)c2C)cc1. The average molecular weight is 483 g/mol. The van der Waals surface area contributed by atoms with Gasteiger partial charge in [-0.3, -0.25) is 4.79 Å². The molecule has 0 aromatic heterocycles. The molecule has 178 valence electrons. The molecule has 0 atom stereocenters. The van der Waals surface area contributed by atoms with Crippen molar-refractivity contribution in [3.8, 4) is 11.5 Å². The van der Waals surface area contributed by atoms with E-state index < -0.39 is 10.2 Å². The highest BCUT2D eigenvalue weighted by Gasteiger charge is 2.26. The maximum atomic E-state index is 14.1. The summed E-state index contributed by atoms with van der Waals surface area (Å²) in [6.45, 7) is 6.63. The largest absolute Gasteiger partial charge is 0.497 e. The molecule has 0 aliphatic heterocycles. The molecule has 7 heteroatoms. The molecule has 0 unspecified atom stereocenters. The summed E-state index contributed by atoms with van der Waals surface area (Å²) in [5.41, 5.74) is 4.31. The van der Waals surface area contributed by atoms with Crippen molar-refractivity contribution in [2.45, 2.75) is 32.6 Å². The van der Waals surface area contributed by atoms with Gasteiger partial charge in [-0.05, 0) is 109 Å². The minimum absolute atomic E-state index is 0.232. The summed E-state index contributed by atoms with van der Waals surface area (Å²) in [4.78, 5) is 12.9. The molecule has 0 aliphatic rings. The number of hydrogen-bond acceptors (Lipinski definition) is 5. The minimum Gasteiger partial charge on any atom is -0.497 e. The van der Waals surface area contributed by atoms with Gasteiger partial charge in [0.05, 0.1) is 14.2 Å². The van der Waals surface area contributed by atoms with Gasteiger partial charge in [0, 0.05) is 5.56 Å². The molecule has 34 heavy (non-hydrogen) atoms. The molecule has 0 aliphatic carbocycles. The van der Waals surface area contributed by atoms with E-state index in [1.807, 2.05) is 12.1 Å². The van der Waals surface area contributed by atoms with Crippen LogP contribution < -0.4 is 9.47 Å². The summed E-state index contributed by atoms with van der Waals surface area (Å²) in [6, 6.07) is 14.0. The molecule has 0 saturated carbocycles. The van der Waals surface area contributed by atoms with Gasteiger partial charge >= 0.3 is 10.2 Å². The Bertz CT molecular complexity index is 1340. The fourth-order valence-corrected chi connectivity index (χ4v) is 5.13. The van der Waals surface area contributed by atoms with Crippen LogP contribution in [-0.4, -0.2) is 28.4 Å². The molecule has 0 N–H and O–H groups in total. The minimum atomic E-state index is -4.91. The van der Waals surface area contributed by atoms with Crippen molar-refractivity contribution in [2.75, 3.05) is 14.2 Å². The van der Waals surface area contributed by atoms with Crippen molar-refractivity contribution in [3.63, 3.8) is 0 Å². The summed E-state index contributed by atoms with van der Waals surface area (Å²) in [6.07, 6.45) is 1.53. The first-order valence-corrected chi connectivity index (χ1v) is 12.0. The second-order valence-corrected chi connectivity index (χ2v) is 9.31. The van der Waals surface area contributed by atoms with E-state index in [4.69, 9.17) is 9.47 Å². The third kappa shape index (κ3) is 4.89. The quantitative estimate of drug-likeness (QED) is 0.238. The number of rotatable bonds is 7. The maximum Gasteiger partial charge on any atom is 0.332 e. The summed E-state index contributed by atoms with van der Waals surface area (Å²) < 4.78 is 48.3. The van der Waals surface area contributed by atoms with Crippen molar-refractivity contribution in [1.82, 2.24) is 0 Å². The normalized spacial score (nSPS) is 11.9. The number of carbonyl (C=O) groups excluding carboxylic acids is 1. The summed E-state index contributed by atoms with van der Waals surface area (Å²) >= 11 is 0. The number of methoxy groups -OCH3 is 2. The fourth-order valence-electron chi connectivity index (χ4n) is 4.09. The molecule has 0 radical (unpaired) electrons. The van der Waals surface area contributed by atoms with Crippen LogP contribution >= 0.6 is 0 Å². The van der Waals surface area contributed by atoms with Crippen molar-refractivity contribution in [2.24, 2.45) is 0 Å². The molecule has 0 bridgehead atoms. The fraction of sp³-hybridized carbons (Fsp3) is 0.222. The Kier molecular flexibility index (Phi) is 7.26. The molecular formula is C27H27FO5S. The Labute approximate surface area is 200 Å². The zero-order chi connectivity index (χ0) is 25.2. The van der Waals surface area contributed by atoms with Crippen LogP contribution in [-0.2, 0) is 10.2 Å². The number of halogens is 1. The van der Waals surface area contributed by atoms with Crippen LogP contribution in [0.25, 0.3) is 5.57 Å². The van der Waals surface area contributed by atoms with Gasteiger partial charge in [-0.2, -0.15) is 8.42 Å². The number of benzene rings is 3. The highest BCUT2D eigenvalue weighted by atomic mass is 32.3. The Morgan fingerprint density at radius 3 is 1.53 bits per heavy atom. The predicted molar refractivity (Wildman–Crippen MR) is 131 cm³/mol. The molecule has 3 rings (SSSR count). The molecule has 0 spiro atoms. The van der Waals surface area contributed by atoms with Gasteiger partial charge in [0.25, 0.3) is 0 Å². The molecule has 0 saturated heterocycles. The van der Waals surface area contributed by atoms with Gasteiger partial charge in [-0.25, -0.2) is 0 Å². The summed E-state index contributed by atoms with van der Waals surface area (Å²) in [7, 11) is -1.80. The van der Waals surface area contributed by atoms with E-state index in [1.165, 1.54) is 6.08 Å². The van der Waals surface area contributed by atoms with E-state index in [9.17, 15) is 17.1 Å². The lowest BCUT2D eigenvalue weighted by atomic mass is 9.85. The van der Waals surface area contributed by atoms with Gasteiger partial charge in [-0.1, -0.05) is 12.1 Å². The van der Waals surface area contributed by atoms with E-state index in [-0.39, 0.29) is 10.7 Å². The van der Waals surface area contributed by atoms with Crippen LogP contribution in [0.4, 0.5) is 3.89 Å². The van der Waals surface area contributed by atoms with Crippen molar-refractivity contribution in [1.29, 1.82) is 0 Å². The zero-order valence-electron chi connectivity index (χ0n) is 20.0. The van der Waals surface area contributed by atoms with Crippen LogP contribution in [0.3, 0.4) is 0 Å².